The van der Waals surface area contributed by atoms with Crippen LogP contribution in [0, 0.1) is 24.0 Å². The number of aryl methyl sites for hydroxylation is 1. The molecule has 4 N–H and O–H groups in total. The molecule has 0 aliphatic carbocycles. The Labute approximate surface area is 413 Å². The number of ether oxygens (including phenoxy) is 2. The van der Waals surface area contributed by atoms with E-state index in [1.807, 2.05) is 93.6 Å². The van der Waals surface area contributed by atoms with Crippen molar-refractivity contribution in [2.24, 2.45) is 5.41 Å². The van der Waals surface area contributed by atoms with Gasteiger partial charge in [0.05, 0.1) is 34.8 Å². The third kappa shape index (κ3) is 13.0. The monoisotopic (exact) mass is 986 g/mol. The number of fused-ring (bicyclic) bond motifs is 3. The molecule has 16 heteroatoms. The van der Waals surface area contributed by atoms with Crippen molar-refractivity contribution in [3.8, 4) is 16.2 Å². The van der Waals surface area contributed by atoms with Gasteiger partial charge in [0.2, 0.25) is 17.7 Å². The molecule has 2 aromatic heterocycles. The number of nitrogens with zero attached hydrogens (tertiary/aromatic N) is 3. The predicted molar refractivity (Wildman–Crippen MR) is 267 cm³/mol. The number of unbranched alkanes of at least 4 members (excludes halogenated alkanes) is 5. The number of aliphatic hydroxyl groups is 1. The summed E-state index contributed by atoms with van der Waals surface area (Å²) >= 11 is 1.57. The van der Waals surface area contributed by atoms with E-state index in [1.165, 1.54) is 30.9 Å². The lowest BCUT2D eigenvalue weighted by atomic mass is 9.85. The lowest BCUT2D eigenvalue weighted by Gasteiger charge is -2.43. The van der Waals surface area contributed by atoms with Crippen LogP contribution in [0.4, 0.5) is 13.2 Å². The number of nitrogens with one attached hydrogen (secondary N) is 3. The topological polar surface area (TPSA) is 149 Å². The van der Waals surface area contributed by atoms with E-state index in [-0.39, 0.29) is 55.9 Å². The summed E-state index contributed by atoms with van der Waals surface area (Å²) in [5, 5.41) is 17.3. The lowest BCUT2D eigenvalue weighted by molar-refractivity contribution is -0.144. The van der Waals surface area contributed by atoms with Crippen molar-refractivity contribution < 1.29 is 42.1 Å². The smallest absolute Gasteiger partial charge is 0.246 e. The number of amides is 3. The van der Waals surface area contributed by atoms with Crippen LogP contribution < -0.4 is 15.4 Å². The summed E-state index contributed by atoms with van der Waals surface area (Å²) in [5.41, 5.74) is 4.84. The SMILES string of the molecule is Cc1ncsc1-c1ccc(CNC(=O)[C@@H]2C[C@@H](O)CN2C(=O)[C@@H](NC(=O)COCCCCCCCCOc2cc(F)c([C@@H]3c4[nH]c5ccccc5c4C[C@@H](C)N3CC(C)(C)F)c(F)c2)C(C)(C)C)cc1. The molecule has 70 heavy (non-hydrogen) atoms. The molecule has 0 saturated carbocycles. The van der Waals surface area contributed by atoms with Crippen LogP contribution in [0.2, 0.25) is 0 Å². The van der Waals surface area contributed by atoms with Crippen LogP contribution in [-0.4, -0.2) is 105 Å². The number of rotatable bonds is 21. The molecule has 5 atom stereocenters. The van der Waals surface area contributed by atoms with Gasteiger partial charge in [0.1, 0.15) is 41.7 Å². The van der Waals surface area contributed by atoms with Crippen LogP contribution in [-0.2, 0) is 32.1 Å². The molecule has 378 valence electrons. The van der Waals surface area contributed by atoms with Crippen LogP contribution >= 0.6 is 11.3 Å². The van der Waals surface area contributed by atoms with Crippen LogP contribution in [0.3, 0.4) is 0 Å². The van der Waals surface area contributed by atoms with Crippen molar-refractivity contribution >= 4 is 40.0 Å². The van der Waals surface area contributed by atoms with E-state index >= 15 is 13.2 Å². The van der Waals surface area contributed by atoms with Crippen molar-refractivity contribution in [1.29, 1.82) is 0 Å². The van der Waals surface area contributed by atoms with Crippen LogP contribution in [0.15, 0.2) is 66.2 Å². The number of aromatic nitrogens is 2. The molecule has 7 rings (SSSR count). The highest BCUT2D eigenvalue weighted by molar-refractivity contribution is 7.13. The number of halogens is 3. The highest BCUT2D eigenvalue weighted by Crippen LogP contribution is 2.44. The van der Waals surface area contributed by atoms with Crippen molar-refractivity contribution in [2.45, 2.75) is 142 Å². The van der Waals surface area contributed by atoms with Gasteiger partial charge in [-0.2, -0.15) is 0 Å². The summed E-state index contributed by atoms with van der Waals surface area (Å²) in [4.78, 5) is 52.5. The van der Waals surface area contributed by atoms with Gasteiger partial charge in [0, 0.05) is 73.0 Å². The molecule has 5 aromatic rings. The maximum Gasteiger partial charge on any atom is 0.246 e. The number of carbonyl (C=O) groups is 3. The Hall–Kier alpha value is -5.29. The zero-order valence-corrected chi connectivity index (χ0v) is 42.3. The number of para-hydroxylation sites is 1. The second-order valence-corrected chi connectivity index (χ2v) is 21.5. The molecule has 3 aromatic carbocycles. The highest BCUT2D eigenvalue weighted by Gasteiger charge is 2.45. The van der Waals surface area contributed by atoms with Gasteiger partial charge in [0.15, 0.2) is 0 Å². The molecule has 0 spiro atoms. The van der Waals surface area contributed by atoms with Gasteiger partial charge in [-0.15, -0.1) is 11.3 Å². The standard InChI is InChI=1S/C54H69F3N6O6S/c1-33-24-40-39-16-12-13-17-43(39)60-47(40)48(63(33)31-54(6,7)57)46-41(55)26-38(27-42(46)56)69-23-15-11-9-8-10-14-22-68-30-45(65)61-50(53(3,4)5)52(67)62-29-37(64)25-44(62)51(66)58-28-35-18-20-36(21-19-35)49-34(2)59-32-70-49/h12-13,16-21,26-27,32-33,37,44,48,50,60,64H,8-11,14-15,22-25,28-31H2,1-7H3,(H,58,66)(H,61,65)/t33-,37-,44+,48-,50-/m1/s1. The van der Waals surface area contributed by atoms with Gasteiger partial charge in [-0.1, -0.05) is 88.9 Å². The van der Waals surface area contributed by atoms with Crippen molar-refractivity contribution in [3.05, 3.63) is 106 Å². The van der Waals surface area contributed by atoms with E-state index in [2.05, 4.69) is 20.6 Å². The zero-order valence-electron chi connectivity index (χ0n) is 41.5. The Bertz CT molecular complexity index is 2570. The van der Waals surface area contributed by atoms with E-state index in [9.17, 15) is 19.5 Å². The zero-order chi connectivity index (χ0) is 50.3. The molecule has 1 fully saturated rings. The summed E-state index contributed by atoms with van der Waals surface area (Å²) in [6, 6.07) is 15.2. The third-order valence-electron chi connectivity index (χ3n) is 13.3. The summed E-state index contributed by atoms with van der Waals surface area (Å²) < 4.78 is 58.7. The molecule has 0 radical (unpaired) electrons. The minimum Gasteiger partial charge on any atom is -0.493 e. The average Bonchev–Trinajstić information content (AvgIpc) is 4.02. The quantitative estimate of drug-likeness (QED) is 0.0532. The summed E-state index contributed by atoms with van der Waals surface area (Å²) in [6.45, 7) is 13.1. The van der Waals surface area contributed by atoms with Crippen LogP contribution in [0.25, 0.3) is 21.3 Å². The number of H-pyrrole nitrogens is 1. The molecular formula is C54H69F3N6O6S. The molecule has 0 unspecified atom stereocenters. The van der Waals surface area contributed by atoms with Crippen molar-refractivity contribution in [2.75, 3.05) is 32.9 Å². The highest BCUT2D eigenvalue weighted by atomic mass is 32.1. The summed E-state index contributed by atoms with van der Waals surface area (Å²) in [5.74, 6) is -2.63. The van der Waals surface area contributed by atoms with Gasteiger partial charge >= 0.3 is 0 Å². The molecular weight excluding hydrogens is 918 g/mol. The van der Waals surface area contributed by atoms with E-state index in [4.69, 9.17) is 9.47 Å². The van der Waals surface area contributed by atoms with Crippen molar-refractivity contribution in [3.63, 3.8) is 0 Å². The minimum atomic E-state index is -1.59. The van der Waals surface area contributed by atoms with Gasteiger partial charge in [-0.05, 0) is 75.1 Å². The number of alkyl halides is 1. The Morgan fingerprint density at radius 2 is 1.63 bits per heavy atom. The molecule has 4 heterocycles. The first-order valence-electron chi connectivity index (χ1n) is 24.6. The van der Waals surface area contributed by atoms with Gasteiger partial charge in [-0.25, -0.2) is 18.2 Å². The maximum atomic E-state index is 16.0. The van der Waals surface area contributed by atoms with Gasteiger partial charge < -0.3 is 35.1 Å². The number of β-amino-alcohol motifs (C(OH)–C–C–N with tert-alkyl or cyclic N) is 1. The summed E-state index contributed by atoms with van der Waals surface area (Å²) in [6.07, 6.45) is 4.83. The van der Waals surface area contributed by atoms with E-state index < -0.39 is 58.8 Å². The third-order valence-corrected chi connectivity index (χ3v) is 14.3. The molecule has 2 aliphatic heterocycles. The number of aliphatic hydroxyl groups excluding tert-OH is 1. The second kappa shape index (κ2) is 22.9. The number of hydrogen-bond acceptors (Lipinski definition) is 9. The maximum absolute atomic E-state index is 16.0. The van der Waals surface area contributed by atoms with E-state index in [0.717, 1.165) is 70.3 Å². The number of carbonyl (C=O) groups excluding carboxylic acids is 3. The Balaban J connectivity index is 0.808. The fourth-order valence-electron chi connectivity index (χ4n) is 9.76. The first kappa shape index (κ1) is 52.5. The Morgan fingerprint density at radius 1 is 0.957 bits per heavy atom. The minimum absolute atomic E-state index is 0.00157. The lowest BCUT2D eigenvalue weighted by Crippen LogP contribution is -2.58. The van der Waals surface area contributed by atoms with Crippen molar-refractivity contribution in [1.82, 2.24) is 30.4 Å². The number of thiazole rings is 1. The first-order chi connectivity index (χ1) is 33.3. The average molecular weight is 987 g/mol. The van der Waals surface area contributed by atoms with Crippen LogP contribution in [0.5, 0.6) is 5.75 Å². The first-order valence-corrected chi connectivity index (χ1v) is 25.5. The molecule has 2 aliphatic rings. The van der Waals surface area contributed by atoms with Gasteiger partial charge in [-0.3, -0.25) is 19.3 Å². The number of hydrogen-bond donors (Lipinski definition) is 4. The number of benzene rings is 3. The molecule has 1 saturated heterocycles. The number of aromatic amines is 1. The summed E-state index contributed by atoms with van der Waals surface area (Å²) in [7, 11) is 0. The fraction of sp³-hybridized carbons (Fsp3) is 0.519. The van der Waals surface area contributed by atoms with E-state index in [1.54, 1.807) is 11.3 Å². The largest absolute Gasteiger partial charge is 0.493 e. The molecule has 3 amide bonds. The van der Waals surface area contributed by atoms with Crippen LogP contribution in [0.1, 0.15) is 121 Å². The van der Waals surface area contributed by atoms with E-state index in [0.29, 0.717) is 31.7 Å². The Morgan fingerprint density at radius 3 is 2.29 bits per heavy atom. The number of likely N-dealkylation sites (tertiary alicyclic amines) is 1. The molecule has 0 bridgehead atoms. The predicted octanol–water partition coefficient (Wildman–Crippen LogP) is 9.51. The second-order valence-electron chi connectivity index (χ2n) is 20.7. The molecule has 12 nitrogen and oxygen atoms in total. The van der Waals surface area contributed by atoms with Gasteiger partial charge in [0.25, 0.3) is 0 Å². The normalized spacial score (nSPS) is 19.0. The fourth-order valence-corrected chi connectivity index (χ4v) is 10.6. The Kier molecular flexibility index (Phi) is 17.1.